The van der Waals surface area contributed by atoms with Gasteiger partial charge in [0.2, 0.25) is 0 Å². The second-order valence-corrected chi connectivity index (χ2v) is 34.1. The quantitative estimate of drug-likeness (QED) is 0.0741. The normalized spacial score (nSPS) is 17.0. The van der Waals surface area contributed by atoms with E-state index in [9.17, 15) is 0 Å². The fourth-order valence-corrected chi connectivity index (χ4v) is 18.8. The Morgan fingerprint density at radius 1 is 0.364 bits per heavy atom. The molecule has 0 spiro atoms. The molecule has 0 aliphatic carbocycles. The fraction of sp³-hybridized carbons (Fsp3) is 0.474. The summed E-state index contributed by atoms with van der Waals surface area (Å²) in [5.41, 5.74) is 22.4. The Bertz CT molecular complexity index is 6390. The van der Waals surface area contributed by atoms with Gasteiger partial charge < -0.3 is 33.3 Å². The van der Waals surface area contributed by atoms with E-state index in [0.29, 0.717) is 42.4 Å². The van der Waals surface area contributed by atoms with Crippen molar-refractivity contribution in [3.63, 3.8) is 0 Å². The zero-order chi connectivity index (χ0) is 88.4. The first kappa shape index (κ1) is 87.6. The highest BCUT2D eigenvalue weighted by molar-refractivity contribution is 5.85. The van der Waals surface area contributed by atoms with Gasteiger partial charge in [0.15, 0.2) is 28.2 Å². The lowest BCUT2D eigenvalue weighted by atomic mass is 10.1. The smallest absolute Gasteiger partial charge is 0.159 e. The third-order valence-electron chi connectivity index (χ3n) is 25.9. The molecule has 15 aromatic heterocycles. The van der Waals surface area contributed by atoms with Crippen LogP contribution in [0, 0.1) is 0 Å². The Balaban J connectivity index is 0.000000110. The van der Waals surface area contributed by atoms with Crippen molar-refractivity contribution in [3.05, 3.63) is 175 Å². The van der Waals surface area contributed by atoms with Crippen LogP contribution in [0.1, 0.15) is 191 Å². The molecule has 6 fully saturated rings. The van der Waals surface area contributed by atoms with Crippen molar-refractivity contribution in [1.29, 1.82) is 0 Å². The van der Waals surface area contributed by atoms with Gasteiger partial charge in [-0.1, -0.05) is 34.6 Å². The number of ether oxygens (including phenoxy) is 6. The topological polar surface area (TPSA) is 312 Å². The maximum absolute atomic E-state index is 5.58. The third-order valence-corrected chi connectivity index (χ3v) is 25.9. The number of fused-ring (bicyclic) bond motifs is 5. The number of rotatable bonds is 20. The highest BCUT2D eigenvalue weighted by Gasteiger charge is 2.30. The number of aromatic amines is 1. The van der Waals surface area contributed by atoms with E-state index in [4.69, 9.17) is 78.8 Å². The van der Waals surface area contributed by atoms with Gasteiger partial charge in [0.25, 0.3) is 0 Å². The van der Waals surface area contributed by atoms with Crippen molar-refractivity contribution < 1.29 is 28.4 Å². The van der Waals surface area contributed by atoms with Gasteiger partial charge in [-0.25, -0.2) is 53.0 Å². The molecule has 32 heteroatoms. The number of nitrogens with one attached hydrogen (secondary N) is 1. The first-order valence-corrected chi connectivity index (χ1v) is 46.7. The van der Waals surface area contributed by atoms with Gasteiger partial charge in [0, 0.05) is 163 Å². The first-order chi connectivity index (χ1) is 63.4. The number of aromatic nitrogens is 25. The molecule has 0 amide bonds. The summed E-state index contributed by atoms with van der Waals surface area (Å²) in [5, 5.41) is 54.8. The first-order valence-electron chi connectivity index (χ1n) is 46.7. The molecule has 1 atom stereocenters. The van der Waals surface area contributed by atoms with E-state index in [1.807, 2.05) is 80.8 Å². The van der Waals surface area contributed by atoms with E-state index >= 15 is 0 Å². The summed E-state index contributed by atoms with van der Waals surface area (Å²) in [7, 11) is 3.73. The standard InChI is InChI=1S/C27H32N6O2.C19H25N5O.C18H23N5O.C17H21N5O.C16H19N5O/c1-3-24-23-8-9-25(29-27(23)33(30-24)21-12-16-35-17-13-21)26-10-14-28-32(26)20-6-4-19(5-7-20)31-15-11-22(18-31)34-2;1-4-16-15-5-6-17(18-7-10-20-23(18)13(2)3)21-19(15)24(22-16)14-8-11-25-12-9-14;1-3-15-14-5-6-16(17-7-10-19-22(17)4-2)20-18(14)23(21-15)13-8-11-24-12-9-13;1-3-14-13-4-5-15(16-6-9-18-21(16)2)19-17(13)22(20-14)12-7-10-23-11-8-12;1-2-13-12-3-4-14(15-5-8-17-19-15)18-16(12)21(20-13)11-6-9-22-10-7-11/h4-10,14,21-22H,3,11-13,15-18H2,1-2H3;5-7,10,13-14H,4,8-9,11-12H2,1-3H3;5-7,10,13H,3-4,8-9,11-12H2,1-2H3;4-6,9,12H,3,7-8,10-11H2,1-2H3;3-5,8,11H,2,6-7,9-10H2,1H3,(H,17,19). The molecular weight excluding hydrogens is 1630 g/mol. The largest absolute Gasteiger partial charge is 0.381 e. The minimum atomic E-state index is 0.300. The van der Waals surface area contributed by atoms with Gasteiger partial charge in [0.05, 0.1) is 134 Å². The highest BCUT2D eigenvalue weighted by Crippen LogP contribution is 2.38. The van der Waals surface area contributed by atoms with Crippen molar-refractivity contribution in [2.75, 3.05) is 91.2 Å². The molecule has 6 saturated heterocycles. The van der Waals surface area contributed by atoms with Crippen LogP contribution in [0.15, 0.2) is 146 Å². The Labute approximate surface area is 751 Å². The molecule has 674 valence electrons. The Hall–Kier alpha value is -12.1. The summed E-state index contributed by atoms with van der Waals surface area (Å²) >= 11 is 0. The molecule has 0 radical (unpaired) electrons. The monoisotopic (exact) mass is 1740 g/mol. The SMILES string of the molecule is CCc1nn(C2CCOCC2)c2nc(-c3ccn[nH]3)ccc12.CCc1nn(C2CCOCC2)c2nc(-c3ccnn3-c3ccc(N4CCC(OC)C4)cc3)ccc12.CCc1nn(C2CCOCC2)c2nc(-c3ccnn3C(C)C)ccc12.CCc1nn(C2CCOCC2)c2nc(-c3ccnn3C)ccc12.CCc1nn(C2CCOCC2)c2nc(-c3ccnn3CC)ccc12. The Morgan fingerprint density at radius 3 is 1.09 bits per heavy atom. The van der Waals surface area contributed by atoms with Gasteiger partial charge in [-0.2, -0.15) is 51.0 Å². The van der Waals surface area contributed by atoms with Gasteiger partial charge in [0.1, 0.15) is 0 Å². The predicted molar refractivity (Wildman–Crippen MR) is 498 cm³/mol. The zero-order valence-electron chi connectivity index (χ0n) is 76.0. The van der Waals surface area contributed by atoms with Crippen LogP contribution >= 0.6 is 0 Å². The molecule has 0 saturated carbocycles. The lowest BCUT2D eigenvalue weighted by molar-refractivity contribution is 0.0671. The number of methoxy groups -OCH3 is 1. The summed E-state index contributed by atoms with van der Waals surface area (Å²) in [6.45, 7) is 27.8. The summed E-state index contributed by atoms with van der Waals surface area (Å²) in [6, 6.07) is 41.9. The van der Waals surface area contributed by atoms with Gasteiger partial charge in [-0.15, -0.1) is 0 Å². The van der Waals surface area contributed by atoms with E-state index in [2.05, 4.69) is 193 Å². The molecule has 1 unspecified atom stereocenters. The number of hydrogen-bond acceptors (Lipinski definition) is 22. The van der Waals surface area contributed by atoms with Crippen molar-refractivity contribution in [3.8, 4) is 62.6 Å². The average Bonchev–Trinajstić information content (AvgIpc) is 1.63. The average molecular weight is 1750 g/mol. The van der Waals surface area contributed by atoms with Crippen molar-refractivity contribution in [2.45, 2.75) is 207 Å². The van der Waals surface area contributed by atoms with Crippen LogP contribution in [0.2, 0.25) is 0 Å². The number of H-pyrrole nitrogens is 1. The van der Waals surface area contributed by atoms with Crippen LogP contribution in [0.5, 0.6) is 0 Å². The molecular formula is C97H120N26O6. The summed E-state index contributed by atoms with van der Waals surface area (Å²) in [6.07, 6.45) is 24.9. The minimum absolute atomic E-state index is 0.300. The van der Waals surface area contributed by atoms with Gasteiger partial charge in [-0.3, -0.25) is 19.1 Å². The van der Waals surface area contributed by atoms with Crippen molar-refractivity contribution in [1.82, 2.24) is 123 Å². The zero-order valence-corrected chi connectivity index (χ0v) is 76.0. The van der Waals surface area contributed by atoms with Crippen LogP contribution in [0.25, 0.3) is 118 Å². The molecule has 1 N–H and O–H groups in total. The Kier molecular flexibility index (Phi) is 27.4. The second kappa shape index (κ2) is 40.3. The maximum atomic E-state index is 5.58. The molecule has 6 aliphatic heterocycles. The summed E-state index contributed by atoms with van der Waals surface area (Å²) in [5.74, 6) is 0. The number of anilines is 1. The number of benzene rings is 1. The van der Waals surface area contributed by atoms with E-state index in [1.165, 1.54) is 5.69 Å². The van der Waals surface area contributed by atoms with E-state index < -0.39 is 0 Å². The lowest BCUT2D eigenvalue weighted by Gasteiger charge is -2.22. The molecule has 1 aromatic carbocycles. The Morgan fingerprint density at radius 2 is 0.713 bits per heavy atom. The molecule has 0 bridgehead atoms. The number of nitrogens with zero attached hydrogens (tertiary/aromatic N) is 25. The third kappa shape index (κ3) is 18.5. The number of hydrogen-bond donors (Lipinski definition) is 1. The molecule has 21 heterocycles. The van der Waals surface area contributed by atoms with E-state index in [1.54, 1.807) is 19.5 Å². The van der Waals surface area contributed by atoms with Crippen LogP contribution < -0.4 is 4.90 Å². The van der Waals surface area contributed by atoms with E-state index in [-0.39, 0.29) is 0 Å². The summed E-state index contributed by atoms with van der Waals surface area (Å²) in [4.78, 5) is 27.2. The molecule has 129 heavy (non-hydrogen) atoms. The van der Waals surface area contributed by atoms with E-state index in [0.717, 1.165) is 335 Å². The van der Waals surface area contributed by atoms with Crippen molar-refractivity contribution >= 4 is 60.9 Å². The predicted octanol–water partition coefficient (Wildman–Crippen LogP) is 16.9. The number of pyridine rings is 5. The molecule has 16 aromatic rings. The highest BCUT2D eigenvalue weighted by atomic mass is 16.5. The fourth-order valence-electron chi connectivity index (χ4n) is 18.8. The summed E-state index contributed by atoms with van der Waals surface area (Å²) < 4.78 is 51.5. The van der Waals surface area contributed by atoms with Gasteiger partial charge in [-0.05, 0) is 239 Å². The minimum Gasteiger partial charge on any atom is -0.381 e. The maximum Gasteiger partial charge on any atom is 0.159 e. The molecule has 6 aliphatic rings. The number of aryl methyl sites for hydroxylation is 7. The molecule has 32 nitrogen and oxygen atoms in total. The molecule has 22 rings (SSSR count). The van der Waals surface area contributed by atoms with Crippen LogP contribution in [0.4, 0.5) is 5.69 Å². The van der Waals surface area contributed by atoms with Crippen LogP contribution in [-0.2, 0) is 74.1 Å². The lowest BCUT2D eigenvalue weighted by Crippen LogP contribution is -2.22. The van der Waals surface area contributed by atoms with Crippen LogP contribution in [-0.4, -0.2) is 216 Å². The second-order valence-electron chi connectivity index (χ2n) is 34.1. The van der Waals surface area contributed by atoms with Gasteiger partial charge >= 0.3 is 0 Å². The van der Waals surface area contributed by atoms with Crippen LogP contribution in [0.3, 0.4) is 0 Å². The van der Waals surface area contributed by atoms with Crippen molar-refractivity contribution in [2.24, 2.45) is 7.05 Å².